The highest BCUT2D eigenvalue weighted by Crippen LogP contribution is 2.24. The second-order valence-corrected chi connectivity index (χ2v) is 6.20. The van der Waals surface area contributed by atoms with Gasteiger partial charge >= 0.3 is 0 Å². The van der Waals surface area contributed by atoms with Crippen molar-refractivity contribution >= 4 is 17.4 Å². The lowest BCUT2D eigenvalue weighted by Gasteiger charge is -2.25. The van der Waals surface area contributed by atoms with Crippen LogP contribution in [0.2, 0.25) is 0 Å². The smallest absolute Gasteiger partial charge is 0.238 e. The Balaban J connectivity index is 1.82. The molecular weight excluding hydrogens is 330 g/mol. The van der Waals surface area contributed by atoms with Gasteiger partial charge in [0.2, 0.25) is 5.91 Å². The molecule has 0 radical (unpaired) electrons. The van der Waals surface area contributed by atoms with Gasteiger partial charge in [0.25, 0.3) is 0 Å². The van der Waals surface area contributed by atoms with E-state index in [1.54, 1.807) is 13.1 Å². The summed E-state index contributed by atoms with van der Waals surface area (Å²) in [5, 5.41) is 2.88. The average Bonchev–Trinajstić information content (AvgIpc) is 2.68. The third-order valence-electron chi connectivity index (χ3n) is 4.33. The summed E-state index contributed by atoms with van der Waals surface area (Å²) in [5.74, 6) is -0.240. The number of hydrogen-bond acceptors (Lipinski definition) is 5. The number of nitrogens with zero attached hydrogens (tertiary/aromatic N) is 2. The Morgan fingerprint density at radius 1 is 1.15 bits per heavy atom. The number of Topliss-reactive ketones (excluding diaryl/α,β-unsaturated/α-hetero) is 1. The number of anilines is 1. The zero-order valence-corrected chi connectivity index (χ0v) is 14.9. The number of carbonyl (C=O) groups excluding carboxylic acids is 2. The van der Waals surface area contributed by atoms with E-state index < -0.39 is 0 Å². The Labute approximate surface area is 153 Å². The van der Waals surface area contributed by atoms with E-state index in [9.17, 15) is 9.59 Å². The summed E-state index contributed by atoms with van der Waals surface area (Å²) in [6.45, 7) is 4.80. The lowest BCUT2D eigenvalue weighted by atomic mass is 10.1. The number of morpholine rings is 1. The predicted molar refractivity (Wildman–Crippen MR) is 100 cm³/mol. The lowest BCUT2D eigenvalue weighted by Crippen LogP contribution is -2.41. The number of rotatable bonds is 6. The van der Waals surface area contributed by atoms with Gasteiger partial charge in [-0.25, -0.2) is 0 Å². The van der Waals surface area contributed by atoms with Crippen molar-refractivity contribution in [2.45, 2.75) is 13.3 Å². The average molecular weight is 353 g/mol. The molecule has 26 heavy (non-hydrogen) atoms. The number of pyridine rings is 1. The third-order valence-corrected chi connectivity index (χ3v) is 4.33. The molecule has 1 aliphatic heterocycles. The zero-order chi connectivity index (χ0) is 18.4. The topological polar surface area (TPSA) is 71.5 Å². The third kappa shape index (κ3) is 4.53. The molecule has 1 aromatic heterocycles. The molecule has 1 aliphatic rings. The summed E-state index contributed by atoms with van der Waals surface area (Å²) in [7, 11) is 0. The summed E-state index contributed by atoms with van der Waals surface area (Å²) >= 11 is 0. The Hall–Kier alpha value is -2.57. The first-order valence-corrected chi connectivity index (χ1v) is 8.86. The van der Waals surface area contributed by atoms with Crippen molar-refractivity contribution in [3.8, 4) is 11.1 Å². The van der Waals surface area contributed by atoms with Crippen LogP contribution in [0, 0.1) is 0 Å². The van der Waals surface area contributed by atoms with Crippen LogP contribution in [0.5, 0.6) is 0 Å². The quantitative estimate of drug-likeness (QED) is 0.808. The summed E-state index contributed by atoms with van der Waals surface area (Å²) in [5.41, 5.74) is 2.62. The maximum atomic E-state index is 12.5. The fourth-order valence-corrected chi connectivity index (χ4v) is 2.89. The Morgan fingerprint density at radius 3 is 2.58 bits per heavy atom. The van der Waals surface area contributed by atoms with Crippen LogP contribution in [0.3, 0.4) is 0 Å². The maximum Gasteiger partial charge on any atom is 0.238 e. The van der Waals surface area contributed by atoms with Gasteiger partial charge in [-0.15, -0.1) is 0 Å². The molecule has 0 atom stereocenters. The summed E-state index contributed by atoms with van der Waals surface area (Å²) in [6, 6.07) is 11.6. The molecule has 2 heterocycles. The van der Waals surface area contributed by atoms with E-state index in [4.69, 9.17) is 4.74 Å². The number of benzene rings is 1. The number of amides is 1. The molecule has 2 aromatic rings. The molecule has 6 heteroatoms. The van der Waals surface area contributed by atoms with Gasteiger partial charge in [-0.05, 0) is 11.6 Å². The fraction of sp³-hybridized carbons (Fsp3) is 0.350. The monoisotopic (exact) mass is 353 g/mol. The Bertz CT molecular complexity index is 771. The van der Waals surface area contributed by atoms with Gasteiger partial charge in [-0.3, -0.25) is 19.5 Å². The van der Waals surface area contributed by atoms with Crippen molar-refractivity contribution < 1.29 is 14.3 Å². The van der Waals surface area contributed by atoms with Gasteiger partial charge in [-0.1, -0.05) is 37.3 Å². The molecule has 1 fully saturated rings. The minimum absolute atomic E-state index is 0.0914. The molecular formula is C20H23N3O3. The molecule has 0 spiro atoms. The van der Waals surface area contributed by atoms with E-state index in [-0.39, 0.29) is 18.2 Å². The minimum Gasteiger partial charge on any atom is -0.379 e. The molecule has 0 unspecified atom stereocenters. The maximum absolute atomic E-state index is 12.5. The molecule has 6 nitrogen and oxygen atoms in total. The van der Waals surface area contributed by atoms with Crippen molar-refractivity contribution in [3.63, 3.8) is 0 Å². The number of aromatic nitrogens is 1. The molecule has 1 amide bonds. The first kappa shape index (κ1) is 18.2. The SMILES string of the molecule is CCC(=O)c1ncc(-c2ccccc2)cc1NC(=O)CN1CCOCC1. The standard InChI is InChI=1S/C20H23N3O3/c1-2-18(24)20-17(22-19(25)14-23-8-10-26-11-9-23)12-16(13-21-20)15-6-4-3-5-7-15/h3-7,12-13H,2,8-11,14H2,1H3,(H,22,25). The van der Waals surface area contributed by atoms with E-state index in [1.807, 2.05) is 41.3 Å². The normalized spacial score (nSPS) is 14.8. The highest BCUT2D eigenvalue weighted by Gasteiger charge is 2.18. The molecule has 3 rings (SSSR count). The van der Waals surface area contributed by atoms with E-state index in [0.717, 1.165) is 24.2 Å². The van der Waals surface area contributed by atoms with Crippen LogP contribution >= 0.6 is 0 Å². The van der Waals surface area contributed by atoms with Crippen molar-refractivity contribution in [3.05, 3.63) is 48.3 Å². The van der Waals surface area contributed by atoms with Gasteiger partial charge in [0.1, 0.15) is 5.69 Å². The molecule has 0 bridgehead atoms. The van der Waals surface area contributed by atoms with Crippen LogP contribution in [-0.2, 0) is 9.53 Å². The minimum atomic E-state index is -0.149. The molecule has 1 saturated heterocycles. The van der Waals surface area contributed by atoms with Crippen LogP contribution in [0.25, 0.3) is 11.1 Å². The molecule has 0 saturated carbocycles. The van der Waals surface area contributed by atoms with Crippen molar-refractivity contribution in [2.24, 2.45) is 0 Å². The largest absolute Gasteiger partial charge is 0.379 e. The zero-order valence-electron chi connectivity index (χ0n) is 14.9. The summed E-state index contributed by atoms with van der Waals surface area (Å²) in [4.78, 5) is 31.0. The number of ketones is 1. The molecule has 0 aliphatic carbocycles. The number of hydrogen-bond donors (Lipinski definition) is 1. The van der Waals surface area contributed by atoms with Crippen LogP contribution in [0.15, 0.2) is 42.6 Å². The van der Waals surface area contributed by atoms with Crippen LogP contribution < -0.4 is 5.32 Å². The van der Waals surface area contributed by atoms with Gasteiger partial charge in [-0.2, -0.15) is 0 Å². The number of nitrogens with one attached hydrogen (secondary N) is 1. The van der Waals surface area contributed by atoms with Crippen LogP contribution in [-0.4, -0.2) is 54.4 Å². The summed E-state index contributed by atoms with van der Waals surface area (Å²) in [6.07, 6.45) is 2.01. The first-order chi connectivity index (χ1) is 12.7. The second kappa shape index (κ2) is 8.69. The summed E-state index contributed by atoms with van der Waals surface area (Å²) < 4.78 is 5.30. The van der Waals surface area contributed by atoms with Gasteiger partial charge < -0.3 is 10.1 Å². The van der Waals surface area contributed by atoms with Crippen molar-refractivity contribution in [1.82, 2.24) is 9.88 Å². The van der Waals surface area contributed by atoms with Gasteiger partial charge in [0.05, 0.1) is 25.4 Å². The highest BCUT2D eigenvalue weighted by atomic mass is 16.5. The van der Waals surface area contributed by atoms with E-state index in [2.05, 4.69) is 10.3 Å². The number of carbonyl (C=O) groups is 2. The Kier molecular flexibility index (Phi) is 6.09. The predicted octanol–water partition coefficient (Wildman–Crippen LogP) is 2.61. The molecule has 1 N–H and O–H groups in total. The highest BCUT2D eigenvalue weighted by molar-refractivity contribution is 6.04. The molecule has 1 aromatic carbocycles. The van der Waals surface area contributed by atoms with Gasteiger partial charge in [0.15, 0.2) is 5.78 Å². The first-order valence-electron chi connectivity index (χ1n) is 8.86. The lowest BCUT2D eigenvalue weighted by molar-refractivity contribution is -0.118. The van der Waals surface area contributed by atoms with E-state index >= 15 is 0 Å². The van der Waals surface area contributed by atoms with Crippen molar-refractivity contribution in [2.75, 3.05) is 38.2 Å². The van der Waals surface area contributed by atoms with Gasteiger partial charge in [0, 0.05) is 31.3 Å². The Morgan fingerprint density at radius 2 is 1.88 bits per heavy atom. The number of ether oxygens (including phenoxy) is 1. The van der Waals surface area contributed by atoms with E-state index in [0.29, 0.717) is 31.0 Å². The van der Waals surface area contributed by atoms with Crippen molar-refractivity contribution in [1.29, 1.82) is 0 Å². The van der Waals surface area contributed by atoms with Crippen LogP contribution in [0.4, 0.5) is 5.69 Å². The second-order valence-electron chi connectivity index (χ2n) is 6.20. The fourth-order valence-electron chi connectivity index (χ4n) is 2.89. The van der Waals surface area contributed by atoms with E-state index in [1.165, 1.54) is 0 Å². The molecule has 136 valence electrons. The van der Waals surface area contributed by atoms with Crippen LogP contribution in [0.1, 0.15) is 23.8 Å².